The molecule has 3 heterocycles. The molecule has 3 aromatic rings. The zero-order chi connectivity index (χ0) is 17.3. The van der Waals surface area contributed by atoms with E-state index in [1.807, 2.05) is 42.5 Å². The normalized spacial score (nSPS) is 15.8. The monoisotopic (exact) mass is 349 g/mol. The SMILES string of the molecule is CC1(C)c2cccc3c2N(c2ccccc2O3)c2cc(B(O)O)sc21. The smallest absolute Gasteiger partial charge is 0.453 e. The predicted octanol–water partition coefficient (Wildman–Crippen LogP) is 3.64. The number of hydrogen-bond donors (Lipinski definition) is 2. The van der Waals surface area contributed by atoms with Gasteiger partial charge in [-0.1, -0.05) is 38.1 Å². The summed E-state index contributed by atoms with van der Waals surface area (Å²) in [4.78, 5) is 3.31. The average Bonchev–Trinajstić information content (AvgIpc) is 3.05. The topological polar surface area (TPSA) is 52.9 Å². The Morgan fingerprint density at radius 1 is 1.00 bits per heavy atom. The van der Waals surface area contributed by atoms with Gasteiger partial charge in [0.05, 0.1) is 17.1 Å². The van der Waals surface area contributed by atoms with E-state index >= 15 is 0 Å². The van der Waals surface area contributed by atoms with Gasteiger partial charge < -0.3 is 19.7 Å². The number of thiophene rings is 1. The van der Waals surface area contributed by atoms with Gasteiger partial charge in [0, 0.05) is 15.1 Å². The Labute approximate surface area is 150 Å². The minimum Gasteiger partial charge on any atom is -0.453 e. The van der Waals surface area contributed by atoms with Gasteiger partial charge in [-0.05, 0) is 29.8 Å². The van der Waals surface area contributed by atoms with Crippen molar-refractivity contribution in [3.63, 3.8) is 0 Å². The Bertz CT molecular complexity index is 1010. The molecule has 0 fully saturated rings. The summed E-state index contributed by atoms with van der Waals surface area (Å²) >= 11 is 1.46. The summed E-state index contributed by atoms with van der Waals surface area (Å²) < 4.78 is 6.70. The van der Waals surface area contributed by atoms with Crippen LogP contribution in [0.15, 0.2) is 48.5 Å². The number of hydrogen-bond acceptors (Lipinski definition) is 5. The number of rotatable bonds is 1. The van der Waals surface area contributed by atoms with Crippen LogP contribution in [-0.2, 0) is 5.41 Å². The molecule has 25 heavy (non-hydrogen) atoms. The molecule has 124 valence electrons. The molecule has 0 aliphatic carbocycles. The van der Waals surface area contributed by atoms with E-state index in [1.165, 1.54) is 16.9 Å². The first kappa shape index (κ1) is 15.0. The zero-order valence-corrected chi connectivity index (χ0v) is 14.7. The summed E-state index contributed by atoms with van der Waals surface area (Å²) in [5, 5.41) is 19.4. The van der Waals surface area contributed by atoms with E-state index in [1.54, 1.807) is 0 Å². The number of anilines is 3. The first-order valence-corrected chi connectivity index (χ1v) is 9.01. The Hall–Kier alpha value is -2.28. The summed E-state index contributed by atoms with van der Waals surface area (Å²) in [5.41, 5.74) is 3.93. The van der Waals surface area contributed by atoms with Crippen LogP contribution in [0.5, 0.6) is 11.5 Å². The molecule has 0 saturated carbocycles. The minimum atomic E-state index is -1.47. The molecule has 2 aliphatic rings. The van der Waals surface area contributed by atoms with Crippen LogP contribution < -0.4 is 14.4 Å². The van der Waals surface area contributed by atoms with E-state index in [0.717, 1.165) is 33.4 Å². The second-order valence-electron chi connectivity index (χ2n) is 6.92. The Kier molecular flexibility index (Phi) is 2.93. The minimum absolute atomic E-state index is 0.245. The number of ether oxygens (including phenoxy) is 1. The van der Waals surface area contributed by atoms with Crippen molar-refractivity contribution in [1.82, 2.24) is 0 Å². The van der Waals surface area contributed by atoms with Crippen molar-refractivity contribution in [3.8, 4) is 11.5 Å². The lowest BCUT2D eigenvalue weighted by molar-refractivity contribution is 0.427. The van der Waals surface area contributed by atoms with Gasteiger partial charge in [-0.15, -0.1) is 11.3 Å². The van der Waals surface area contributed by atoms with Crippen LogP contribution in [0.25, 0.3) is 0 Å². The summed E-state index contributed by atoms with van der Waals surface area (Å²) in [6, 6.07) is 15.9. The van der Waals surface area contributed by atoms with Crippen LogP contribution in [0.3, 0.4) is 0 Å². The van der Waals surface area contributed by atoms with Crippen LogP contribution in [0.2, 0.25) is 0 Å². The van der Waals surface area contributed by atoms with Crippen LogP contribution in [0, 0.1) is 0 Å². The van der Waals surface area contributed by atoms with Crippen LogP contribution >= 0.6 is 11.3 Å². The third-order valence-corrected chi connectivity index (χ3v) is 6.50. The summed E-state index contributed by atoms with van der Waals surface area (Å²) in [5.74, 6) is 1.63. The van der Waals surface area contributed by atoms with Crippen molar-refractivity contribution in [3.05, 3.63) is 59.0 Å². The number of benzene rings is 2. The van der Waals surface area contributed by atoms with Crippen LogP contribution in [0.1, 0.15) is 24.3 Å². The van der Waals surface area contributed by atoms with E-state index < -0.39 is 7.12 Å². The molecule has 5 rings (SSSR count). The molecule has 0 atom stereocenters. The number of nitrogens with zero attached hydrogens (tertiary/aromatic N) is 1. The molecular weight excluding hydrogens is 333 g/mol. The van der Waals surface area contributed by atoms with Crippen molar-refractivity contribution in [2.24, 2.45) is 0 Å². The molecule has 0 saturated heterocycles. The highest BCUT2D eigenvalue weighted by atomic mass is 32.1. The molecule has 0 amide bonds. The van der Waals surface area contributed by atoms with Gasteiger partial charge in [-0.2, -0.15) is 0 Å². The highest BCUT2D eigenvalue weighted by Gasteiger charge is 2.43. The maximum Gasteiger partial charge on any atom is 0.499 e. The fourth-order valence-corrected chi connectivity index (χ4v) is 4.95. The molecule has 4 nitrogen and oxygen atoms in total. The van der Waals surface area contributed by atoms with E-state index in [9.17, 15) is 10.0 Å². The third kappa shape index (κ3) is 1.90. The second kappa shape index (κ2) is 4.88. The average molecular weight is 349 g/mol. The first-order chi connectivity index (χ1) is 12.0. The van der Waals surface area contributed by atoms with Crippen molar-refractivity contribution in [2.75, 3.05) is 4.90 Å². The lowest BCUT2D eigenvalue weighted by Crippen LogP contribution is -2.30. The van der Waals surface area contributed by atoms with E-state index in [-0.39, 0.29) is 5.41 Å². The van der Waals surface area contributed by atoms with E-state index in [0.29, 0.717) is 4.78 Å². The molecular formula is C19H16BNO3S. The van der Waals surface area contributed by atoms with Crippen LogP contribution in [0.4, 0.5) is 17.1 Å². The number of fused-ring (bicyclic) bond motifs is 4. The van der Waals surface area contributed by atoms with Gasteiger partial charge in [0.2, 0.25) is 0 Å². The highest BCUT2D eigenvalue weighted by molar-refractivity contribution is 7.22. The molecule has 0 radical (unpaired) electrons. The van der Waals surface area contributed by atoms with Crippen molar-refractivity contribution >= 4 is 40.3 Å². The van der Waals surface area contributed by atoms with Gasteiger partial charge in [0.25, 0.3) is 0 Å². The largest absolute Gasteiger partial charge is 0.499 e. The zero-order valence-electron chi connectivity index (χ0n) is 13.9. The van der Waals surface area contributed by atoms with Crippen molar-refractivity contribution in [2.45, 2.75) is 19.3 Å². The molecule has 0 unspecified atom stereocenters. The van der Waals surface area contributed by atoms with Crippen LogP contribution in [-0.4, -0.2) is 17.2 Å². The van der Waals surface area contributed by atoms with Crippen molar-refractivity contribution in [1.29, 1.82) is 0 Å². The summed E-state index contributed by atoms with van der Waals surface area (Å²) in [6.07, 6.45) is 0. The van der Waals surface area contributed by atoms with Gasteiger partial charge >= 0.3 is 7.12 Å². The summed E-state index contributed by atoms with van der Waals surface area (Å²) in [7, 11) is -1.47. The van der Waals surface area contributed by atoms with Crippen molar-refractivity contribution < 1.29 is 14.8 Å². The second-order valence-corrected chi connectivity index (χ2v) is 8.00. The third-order valence-electron chi connectivity index (χ3n) is 5.02. The molecule has 0 spiro atoms. The maximum absolute atomic E-state index is 9.71. The molecule has 6 heteroatoms. The van der Waals surface area contributed by atoms with Gasteiger partial charge in [0.15, 0.2) is 11.5 Å². The lowest BCUT2D eigenvalue weighted by Gasteiger charge is -2.43. The molecule has 2 aliphatic heterocycles. The molecule has 2 N–H and O–H groups in total. The Balaban J connectivity index is 1.87. The Morgan fingerprint density at radius 3 is 2.56 bits per heavy atom. The van der Waals surface area contributed by atoms with E-state index in [4.69, 9.17) is 4.74 Å². The lowest BCUT2D eigenvalue weighted by atomic mass is 9.77. The first-order valence-electron chi connectivity index (χ1n) is 8.19. The Morgan fingerprint density at radius 2 is 1.76 bits per heavy atom. The standard InChI is InChI=1S/C19H16BNO3S/c1-19(2)11-6-5-9-15-17(11)21(12-7-3-4-8-14(12)24-15)13-10-16(20(22)23)25-18(13)19/h3-10,22-23H,1-2H3. The fourth-order valence-electron chi connectivity index (χ4n) is 3.82. The molecule has 1 aromatic heterocycles. The quantitative estimate of drug-likeness (QED) is 0.515. The predicted molar refractivity (Wildman–Crippen MR) is 101 cm³/mol. The molecule has 2 aromatic carbocycles. The van der Waals surface area contributed by atoms with Gasteiger partial charge in [-0.25, -0.2) is 0 Å². The molecule has 0 bridgehead atoms. The van der Waals surface area contributed by atoms with Gasteiger partial charge in [0.1, 0.15) is 0 Å². The number of para-hydroxylation sites is 3. The summed E-state index contributed by atoms with van der Waals surface area (Å²) in [6.45, 7) is 4.34. The van der Waals surface area contributed by atoms with E-state index in [2.05, 4.69) is 24.8 Å². The maximum atomic E-state index is 9.71. The van der Waals surface area contributed by atoms with Gasteiger partial charge in [-0.3, -0.25) is 0 Å². The fraction of sp³-hybridized carbons (Fsp3) is 0.158. The highest BCUT2D eigenvalue weighted by Crippen LogP contribution is 2.60.